The van der Waals surface area contributed by atoms with Crippen LogP contribution in [0.1, 0.15) is 22.5 Å². The molecule has 0 radical (unpaired) electrons. The maximum absolute atomic E-state index is 4.58. The molecule has 0 saturated carbocycles. The van der Waals surface area contributed by atoms with Gasteiger partial charge in [0.15, 0.2) is 5.96 Å². The van der Waals surface area contributed by atoms with Gasteiger partial charge in [0.25, 0.3) is 0 Å². The molecular weight excluding hydrogens is 483 g/mol. The van der Waals surface area contributed by atoms with Crippen molar-refractivity contribution in [3.05, 3.63) is 36.9 Å². The molecule has 116 valence electrons. The normalized spacial score (nSPS) is 11.1. The molecule has 0 aliphatic carbocycles. The molecule has 8 heteroatoms. The minimum absolute atomic E-state index is 0. The first-order chi connectivity index (χ1) is 9.67. The summed E-state index contributed by atoms with van der Waals surface area (Å²) in [6.45, 7) is 6.30. The van der Waals surface area contributed by atoms with Crippen LogP contribution in [0.2, 0.25) is 0 Å². The predicted octanol–water partition coefficient (Wildman–Crippen LogP) is 4.15. The molecule has 2 heterocycles. The molecule has 0 atom stereocenters. The van der Waals surface area contributed by atoms with Gasteiger partial charge in [0.2, 0.25) is 0 Å². The van der Waals surface area contributed by atoms with Gasteiger partial charge in [-0.1, -0.05) is 0 Å². The number of thiazole rings is 1. The lowest BCUT2D eigenvalue weighted by atomic mass is 10.5. The van der Waals surface area contributed by atoms with E-state index in [1.807, 2.05) is 13.0 Å². The average Bonchev–Trinajstić information content (AvgIpc) is 3.02. The second kappa shape index (κ2) is 9.75. The number of rotatable bonds is 5. The van der Waals surface area contributed by atoms with E-state index in [2.05, 4.69) is 54.9 Å². The fourth-order valence-electron chi connectivity index (χ4n) is 1.58. The predicted molar refractivity (Wildman–Crippen MR) is 106 cm³/mol. The minimum atomic E-state index is 0. The third-order valence-corrected chi connectivity index (χ3v) is 5.01. The van der Waals surface area contributed by atoms with Crippen LogP contribution in [0.15, 0.2) is 26.3 Å². The van der Waals surface area contributed by atoms with Gasteiger partial charge >= 0.3 is 0 Å². The molecule has 21 heavy (non-hydrogen) atoms. The quantitative estimate of drug-likeness (QED) is 0.368. The summed E-state index contributed by atoms with van der Waals surface area (Å²) < 4.78 is 1.14. The van der Waals surface area contributed by atoms with Gasteiger partial charge < -0.3 is 10.6 Å². The second-order valence-electron chi connectivity index (χ2n) is 4.14. The van der Waals surface area contributed by atoms with Crippen molar-refractivity contribution in [2.24, 2.45) is 4.99 Å². The zero-order valence-electron chi connectivity index (χ0n) is 11.9. The molecule has 2 aromatic heterocycles. The molecular formula is C13H18BrIN4S2. The number of nitrogens with zero attached hydrogens (tertiary/aromatic N) is 2. The van der Waals surface area contributed by atoms with Gasteiger partial charge in [0, 0.05) is 22.5 Å². The fraction of sp³-hybridized carbons (Fsp3) is 0.385. The molecule has 2 N–H and O–H groups in total. The Morgan fingerprint density at radius 2 is 2.19 bits per heavy atom. The summed E-state index contributed by atoms with van der Waals surface area (Å²) in [7, 11) is 0. The van der Waals surface area contributed by atoms with E-state index in [-0.39, 0.29) is 24.0 Å². The highest BCUT2D eigenvalue weighted by Gasteiger charge is 2.02. The molecule has 0 amide bonds. The molecule has 4 nitrogen and oxygen atoms in total. The lowest BCUT2D eigenvalue weighted by Gasteiger charge is -2.09. The Bertz CT molecular complexity index is 582. The van der Waals surface area contributed by atoms with Crippen LogP contribution in [-0.2, 0) is 13.1 Å². The van der Waals surface area contributed by atoms with Crippen molar-refractivity contribution in [1.82, 2.24) is 15.6 Å². The van der Waals surface area contributed by atoms with E-state index in [0.29, 0.717) is 13.1 Å². The second-order valence-corrected chi connectivity index (χ2v) is 7.63. The maximum Gasteiger partial charge on any atom is 0.191 e. The monoisotopic (exact) mass is 500 g/mol. The summed E-state index contributed by atoms with van der Waals surface area (Å²) in [6.07, 6.45) is 0. The van der Waals surface area contributed by atoms with Crippen LogP contribution in [0.25, 0.3) is 0 Å². The van der Waals surface area contributed by atoms with Crippen molar-refractivity contribution in [3.8, 4) is 0 Å². The number of halogens is 2. The first-order valence-electron chi connectivity index (χ1n) is 6.34. The molecule has 0 aliphatic heterocycles. The molecule has 0 aromatic carbocycles. The molecule has 2 rings (SSSR count). The number of aromatic nitrogens is 1. The van der Waals surface area contributed by atoms with Crippen molar-refractivity contribution in [3.63, 3.8) is 0 Å². The number of nitrogens with one attached hydrogen (secondary N) is 2. The van der Waals surface area contributed by atoms with Crippen LogP contribution in [0, 0.1) is 6.92 Å². The first kappa shape index (κ1) is 18.9. The van der Waals surface area contributed by atoms with E-state index in [9.17, 15) is 0 Å². The maximum atomic E-state index is 4.58. The Morgan fingerprint density at radius 1 is 1.38 bits per heavy atom. The molecule has 2 aromatic rings. The third kappa shape index (κ3) is 6.62. The molecule has 0 fully saturated rings. The van der Waals surface area contributed by atoms with Gasteiger partial charge in [-0.15, -0.1) is 46.7 Å². The van der Waals surface area contributed by atoms with Crippen molar-refractivity contribution >= 4 is 68.5 Å². The minimum Gasteiger partial charge on any atom is -0.357 e. The van der Waals surface area contributed by atoms with Crippen molar-refractivity contribution < 1.29 is 0 Å². The topological polar surface area (TPSA) is 49.3 Å². The SMILES string of the molecule is CCNC(=NCc1ccc(Br)s1)NCc1nc(C)cs1.I. The van der Waals surface area contributed by atoms with Crippen LogP contribution < -0.4 is 10.6 Å². The van der Waals surface area contributed by atoms with E-state index in [0.717, 1.165) is 27.0 Å². The Kier molecular flexibility index (Phi) is 8.76. The van der Waals surface area contributed by atoms with E-state index >= 15 is 0 Å². The van der Waals surface area contributed by atoms with Gasteiger partial charge in [0.05, 0.1) is 16.9 Å². The molecule has 0 saturated heterocycles. The van der Waals surface area contributed by atoms with E-state index in [1.165, 1.54) is 4.88 Å². The number of hydrogen-bond donors (Lipinski definition) is 2. The number of aryl methyl sites for hydroxylation is 1. The summed E-state index contributed by atoms with van der Waals surface area (Å²) in [4.78, 5) is 10.2. The lowest BCUT2D eigenvalue weighted by molar-refractivity contribution is 0.811. The zero-order chi connectivity index (χ0) is 14.4. The molecule has 0 spiro atoms. The van der Waals surface area contributed by atoms with Gasteiger partial charge in [-0.05, 0) is 41.9 Å². The summed E-state index contributed by atoms with van der Waals surface area (Å²) in [5.41, 5.74) is 1.07. The average molecular weight is 501 g/mol. The van der Waals surface area contributed by atoms with Gasteiger partial charge in [0.1, 0.15) is 5.01 Å². The van der Waals surface area contributed by atoms with Crippen molar-refractivity contribution in [2.45, 2.75) is 26.9 Å². The highest BCUT2D eigenvalue weighted by atomic mass is 127. The van der Waals surface area contributed by atoms with Crippen LogP contribution in [0.4, 0.5) is 0 Å². The standard InChI is InChI=1S/C13H17BrN4S2.HI/c1-3-15-13(16-6-10-4-5-11(14)20-10)17-7-12-18-9(2)8-19-12;/h4-5,8H,3,6-7H2,1-2H3,(H2,15,16,17);1H. The Balaban J connectivity index is 0.00000220. The first-order valence-corrected chi connectivity index (χ1v) is 8.83. The van der Waals surface area contributed by atoms with Crippen LogP contribution in [-0.4, -0.2) is 17.5 Å². The number of guanidine groups is 1. The number of hydrogen-bond acceptors (Lipinski definition) is 4. The Morgan fingerprint density at radius 3 is 2.76 bits per heavy atom. The summed E-state index contributed by atoms with van der Waals surface area (Å²) >= 11 is 6.84. The van der Waals surface area contributed by atoms with E-state index < -0.39 is 0 Å². The molecule has 0 unspecified atom stereocenters. The Hall–Kier alpha value is -0.190. The van der Waals surface area contributed by atoms with E-state index in [4.69, 9.17) is 0 Å². The van der Waals surface area contributed by atoms with Crippen molar-refractivity contribution in [1.29, 1.82) is 0 Å². The molecule has 0 bridgehead atoms. The highest BCUT2D eigenvalue weighted by molar-refractivity contribution is 14.0. The zero-order valence-corrected chi connectivity index (χ0v) is 17.4. The lowest BCUT2D eigenvalue weighted by Crippen LogP contribution is -2.36. The largest absolute Gasteiger partial charge is 0.357 e. The summed E-state index contributed by atoms with van der Waals surface area (Å²) in [5.74, 6) is 0.824. The van der Waals surface area contributed by atoms with Gasteiger partial charge in [-0.2, -0.15) is 0 Å². The van der Waals surface area contributed by atoms with Gasteiger partial charge in [-0.3, -0.25) is 0 Å². The fourth-order valence-corrected chi connectivity index (χ4v) is 3.70. The highest BCUT2D eigenvalue weighted by Crippen LogP contribution is 2.22. The molecule has 0 aliphatic rings. The van der Waals surface area contributed by atoms with Crippen LogP contribution in [0.5, 0.6) is 0 Å². The van der Waals surface area contributed by atoms with Crippen LogP contribution >= 0.6 is 62.6 Å². The third-order valence-electron chi connectivity index (χ3n) is 2.44. The van der Waals surface area contributed by atoms with Crippen LogP contribution in [0.3, 0.4) is 0 Å². The summed E-state index contributed by atoms with van der Waals surface area (Å²) in [5, 5.41) is 9.69. The van der Waals surface area contributed by atoms with E-state index in [1.54, 1.807) is 22.7 Å². The summed E-state index contributed by atoms with van der Waals surface area (Å²) in [6, 6.07) is 4.14. The number of thiophene rings is 1. The smallest absolute Gasteiger partial charge is 0.191 e. The van der Waals surface area contributed by atoms with Gasteiger partial charge in [-0.25, -0.2) is 9.98 Å². The number of aliphatic imine (C=N–C) groups is 1. The van der Waals surface area contributed by atoms with Crippen molar-refractivity contribution in [2.75, 3.05) is 6.54 Å². The Labute approximate surface area is 158 Å².